The van der Waals surface area contributed by atoms with Gasteiger partial charge in [-0.05, 0) is 37.1 Å². The van der Waals surface area contributed by atoms with Gasteiger partial charge in [-0.2, -0.15) is 5.26 Å². The number of halogens is 2. The van der Waals surface area contributed by atoms with Crippen molar-refractivity contribution in [3.63, 3.8) is 0 Å². The predicted octanol–water partition coefficient (Wildman–Crippen LogP) is 6.26. The number of para-hydroxylation sites is 2. The van der Waals surface area contributed by atoms with Gasteiger partial charge in [0.1, 0.15) is 6.54 Å². The highest BCUT2D eigenvalue weighted by Gasteiger charge is 2.07. The number of aryl methyl sites for hydroxylation is 2. The van der Waals surface area contributed by atoms with E-state index in [4.69, 9.17) is 28.5 Å². The highest BCUT2D eigenvalue weighted by molar-refractivity contribution is 6.35. The van der Waals surface area contributed by atoms with Gasteiger partial charge in [0.2, 0.25) is 0 Å². The maximum Gasteiger partial charge on any atom is 0.110 e. The van der Waals surface area contributed by atoms with Crippen LogP contribution in [0.1, 0.15) is 11.1 Å². The van der Waals surface area contributed by atoms with E-state index in [1.807, 2.05) is 54.2 Å². The van der Waals surface area contributed by atoms with Crippen LogP contribution in [0.3, 0.4) is 0 Å². The molecule has 0 bridgehead atoms. The minimum absolute atomic E-state index is 0.341. The molecule has 0 aliphatic heterocycles. The lowest BCUT2D eigenvalue weighted by Crippen LogP contribution is -1.92. The van der Waals surface area contributed by atoms with Crippen molar-refractivity contribution in [1.82, 2.24) is 9.55 Å². The van der Waals surface area contributed by atoms with Crippen LogP contribution < -0.4 is 0 Å². The van der Waals surface area contributed by atoms with Crippen molar-refractivity contribution in [1.29, 1.82) is 5.26 Å². The van der Waals surface area contributed by atoms with Crippen molar-refractivity contribution in [2.75, 3.05) is 0 Å². The molecule has 25 heavy (non-hydrogen) atoms. The summed E-state index contributed by atoms with van der Waals surface area (Å²) in [5, 5.41) is 12.5. The third-order valence-corrected chi connectivity index (χ3v) is 4.78. The molecule has 0 unspecified atom stereocenters. The van der Waals surface area contributed by atoms with Gasteiger partial charge in [-0.15, -0.1) is 0 Å². The summed E-state index contributed by atoms with van der Waals surface area (Å²) in [6, 6.07) is 13.8. The Morgan fingerprint density at radius 2 is 1.68 bits per heavy atom. The van der Waals surface area contributed by atoms with Gasteiger partial charge in [0.05, 0.1) is 27.1 Å². The van der Waals surface area contributed by atoms with Gasteiger partial charge in [-0.1, -0.05) is 47.5 Å². The minimum Gasteiger partial charge on any atom is -0.360 e. The van der Waals surface area contributed by atoms with Gasteiger partial charge in [0.15, 0.2) is 0 Å². The van der Waals surface area contributed by atoms with Gasteiger partial charge in [0.25, 0.3) is 0 Å². The van der Waals surface area contributed by atoms with Gasteiger partial charge in [-0.25, -0.2) is 0 Å². The smallest absolute Gasteiger partial charge is 0.110 e. The molecule has 0 amide bonds. The highest BCUT2D eigenvalue weighted by atomic mass is 35.5. The first-order chi connectivity index (χ1) is 12.0. The summed E-state index contributed by atoms with van der Waals surface area (Å²) < 4.78 is 1.88. The molecule has 4 aromatic rings. The minimum atomic E-state index is 0.341. The SMILES string of the molecule is Cc1c[nH]c2c(Cl)cccc12.Cc1cn(CC#N)c2c(Cl)cccc12. The average Bonchev–Trinajstić information content (AvgIpc) is 3.12. The Morgan fingerprint density at radius 3 is 2.36 bits per heavy atom. The van der Waals surface area contributed by atoms with Gasteiger partial charge in [-0.3, -0.25) is 0 Å². The zero-order valence-corrected chi connectivity index (χ0v) is 15.5. The summed E-state index contributed by atoms with van der Waals surface area (Å²) in [7, 11) is 0. The summed E-state index contributed by atoms with van der Waals surface area (Å²) in [5.41, 5.74) is 4.38. The van der Waals surface area contributed by atoms with Gasteiger partial charge >= 0.3 is 0 Å². The van der Waals surface area contributed by atoms with Gasteiger partial charge < -0.3 is 9.55 Å². The van der Waals surface area contributed by atoms with E-state index in [0.29, 0.717) is 11.6 Å². The zero-order chi connectivity index (χ0) is 18.0. The van der Waals surface area contributed by atoms with Crippen molar-refractivity contribution in [3.8, 4) is 6.07 Å². The quantitative estimate of drug-likeness (QED) is 0.422. The lowest BCUT2D eigenvalue weighted by Gasteiger charge is -2.00. The summed E-state index contributed by atoms with van der Waals surface area (Å²) in [6.45, 7) is 4.43. The van der Waals surface area contributed by atoms with Crippen LogP contribution in [0.15, 0.2) is 48.8 Å². The molecule has 2 aromatic carbocycles. The number of aromatic nitrogens is 2. The van der Waals surface area contributed by atoms with E-state index < -0.39 is 0 Å². The van der Waals surface area contributed by atoms with E-state index in [-0.39, 0.29) is 0 Å². The monoisotopic (exact) mass is 369 g/mol. The van der Waals surface area contributed by atoms with Crippen LogP contribution in [-0.4, -0.2) is 9.55 Å². The molecule has 2 aromatic heterocycles. The second kappa shape index (κ2) is 7.23. The van der Waals surface area contributed by atoms with E-state index in [1.54, 1.807) is 0 Å². The second-order valence-electron chi connectivity index (χ2n) is 5.87. The maximum atomic E-state index is 8.67. The average molecular weight is 370 g/mol. The first-order valence-electron chi connectivity index (χ1n) is 7.86. The van der Waals surface area contributed by atoms with Crippen LogP contribution in [0.25, 0.3) is 21.8 Å². The molecular weight excluding hydrogens is 353 g/mol. The van der Waals surface area contributed by atoms with E-state index in [0.717, 1.165) is 27.0 Å². The number of hydrogen-bond donors (Lipinski definition) is 1. The molecular formula is C20H17Cl2N3. The van der Waals surface area contributed by atoms with Crippen LogP contribution in [0, 0.1) is 25.2 Å². The van der Waals surface area contributed by atoms with Crippen molar-refractivity contribution in [3.05, 3.63) is 70.0 Å². The maximum absolute atomic E-state index is 8.67. The largest absolute Gasteiger partial charge is 0.360 e. The molecule has 5 heteroatoms. The van der Waals surface area contributed by atoms with Crippen LogP contribution in [0.4, 0.5) is 0 Å². The van der Waals surface area contributed by atoms with Crippen molar-refractivity contribution >= 4 is 45.0 Å². The molecule has 126 valence electrons. The van der Waals surface area contributed by atoms with E-state index in [1.165, 1.54) is 10.9 Å². The molecule has 0 fully saturated rings. The number of hydrogen-bond acceptors (Lipinski definition) is 1. The fourth-order valence-corrected chi connectivity index (χ4v) is 3.46. The van der Waals surface area contributed by atoms with Crippen molar-refractivity contribution in [2.24, 2.45) is 0 Å². The fraction of sp³-hybridized carbons (Fsp3) is 0.150. The molecule has 0 aliphatic rings. The van der Waals surface area contributed by atoms with Crippen LogP contribution >= 0.6 is 23.2 Å². The summed E-state index contributed by atoms with van der Waals surface area (Å²) in [5.74, 6) is 0. The highest BCUT2D eigenvalue weighted by Crippen LogP contribution is 2.27. The molecule has 0 saturated carbocycles. The van der Waals surface area contributed by atoms with Crippen LogP contribution in [0.5, 0.6) is 0 Å². The van der Waals surface area contributed by atoms with Crippen molar-refractivity contribution in [2.45, 2.75) is 20.4 Å². The topological polar surface area (TPSA) is 44.5 Å². The third kappa shape index (κ3) is 3.37. The number of H-pyrrole nitrogens is 1. The molecule has 3 nitrogen and oxygen atoms in total. The standard InChI is InChI=1S/C11H9ClN2.C9H8ClN/c1-8-7-14(6-5-13)11-9(8)3-2-4-10(11)12;1-6-5-11-9-7(6)3-2-4-8(9)10/h2-4,7H,6H2,1H3;2-5,11H,1H3. The summed E-state index contributed by atoms with van der Waals surface area (Å²) >= 11 is 12.0. The third-order valence-electron chi connectivity index (χ3n) is 4.16. The first-order valence-corrected chi connectivity index (χ1v) is 8.61. The Morgan fingerprint density at radius 1 is 1.00 bits per heavy atom. The lowest BCUT2D eigenvalue weighted by atomic mass is 10.2. The molecule has 1 N–H and O–H groups in total. The fourth-order valence-electron chi connectivity index (χ4n) is 2.95. The molecule has 0 saturated heterocycles. The predicted molar refractivity (Wildman–Crippen MR) is 105 cm³/mol. The van der Waals surface area contributed by atoms with E-state index in [9.17, 15) is 0 Å². The Hall–Kier alpha value is -2.41. The van der Waals surface area contributed by atoms with E-state index in [2.05, 4.69) is 24.0 Å². The number of nitrogens with one attached hydrogen (secondary N) is 1. The Labute approximate surface area is 156 Å². The molecule has 4 rings (SSSR count). The number of nitrogens with zero attached hydrogens (tertiary/aromatic N) is 2. The number of nitriles is 1. The van der Waals surface area contributed by atoms with E-state index >= 15 is 0 Å². The van der Waals surface area contributed by atoms with Crippen molar-refractivity contribution < 1.29 is 0 Å². The first kappa shape index (κ1) is 17.4. The summed E-state index contributed by atoms with van der Waals surface area (Å²) in [6.07, 6.45) is 3.93. The summed E-state index contributed by atoms with van der Waals surface area (Å²) in [4.78, 5) is 3.12. The number of fused-ring (bicyclic) bond motifs is 2. The van der Waals surface area contributed by atoms with Gasteiger partial charge in [0, 0.05) is 23.2 Å². The lowest BCUT2D eigenvalue weighted by molar-refractivity contribution is 0.871. The molecule has 2 heterocycles. The normalized spacial score (nSPS) is 10.5. The molecule has 0 aliphatic carbocycles. The van der Waals surface area contributed by atoms with Crippen LogP contribution in [-0.2, 0) is 6.54 Å². The van der Waals surface area contributed by atoms with Crippen LogP contribution in [0.2, 0.25) is 10.0 Å². The number of rotatable bonds is 1. The molecule has 0 atom stereocenters. The number of aromatic amines is 1. The molecule has 0 radical (unpaired) electrons. The Bertz CT molecular complexity index is 1080. The Balaban J connectivity index is 0.000000150. The zero-order valence-electron chi connectivity index (χ0n) is 14.0. The second-order valence-corrected chi connectivity index (χ2v) is 6.68. The molecule has 0 spiro atoms. The number of benzene rings is 2. The Kier molecular flexibility index (Phi) is 5.03.